The molecule has 1 unspecified atom stereocenters. The zero-order valence-electron chi connectivity index (χ0n) is 16.4. The molecule has 0 spiro atoms. The molecule has 0 amide bonds. The quantitative estimate of drug-likeness (QED) is 0.450. The van der Waals surface area contributed by atoms with E-state index in [9.17, 15) is 0 Å². The van der Waals surface area contributed by atoms with E-state index in [1.165, 1.54) is 36.2 Å². The lowest BCUT2D eigenvalue weighted by molar-refractivity contribution is 0.364. The first-order chi connectivity index (χ1) is 10.2. The predicted molar refractivity (Wildman–Crippen MR) is 102 cm³/mol. The van der Waals surface area contributed by atoms with Gasteiger partial charge in [0, 0.05) is 0 Å². The molecule has 1 nitrogen and oxygen atoms in total. The molecule has 0 aromatic rings. The molecule has 0 saturated carbocycles. The first-order valence-corrected chi connectivity index (χ1v) is 11.4. The maximum absolute atomic E-state index is 6.96. The molecule has 0 radical (unpaired) electrons. The van der Waals surface area contributed by atoms with Gasteiger partial charge in [-0.15, -0.1) is 0 Å². The van der Waals surface area contributed by atoms with Crippen LogP contribution < -0.4 is 0 Å². The highest BCUT2D eigenvalue weighted by Crippen LogP contribution is 2.46. The highest BCUT2D eigenvalue weighted by atomic mass is 28.4. The fourth-order valence-corrected chi connectivity index (χ4v) is 9.96. The minimum Gasteiger partial charge on any atom is -0.543 e. The second-order valence-corrected chi connectivity index (χ2v) is 13.5. The zero-order chi connectivity index (χ0) is 17.1. The Kier molecular flexibility index (Phi) is 6.98. The Morgan fingerprint density at radius 2 is 1.55 bits per heavy atom. The second-order valence-electron chi connectivity index (χ2n) is 8.13. The Hall–Kier alpha value is -0.503. The van der Waals surface area contributed by atoms with Crippen molar-refractivity contribution >= 4 is 8.32 Å². The minimum atomic E-state index is -1.84. The van der Waals surface area contributed by atoms with Crippen molar-refractivity contribution in [3.63, 3.8) is 0 Å². The van der Waals surface area contributed by atoms with E-state index < -0.39 is 8.32 Å². The molecule has 1 atom stereocenters. The summed E-state index contributed by atoms with van der Waals surface area (Å²) in [6.07, 6.45) is 6.20. The van der Waals surface area contributed by atoms with Gasteiger partial charge in [0.25, 0.3) is 8.32 Å². The van der Waals surface area contributed by atoms with Gasteiger partial charge in [0.15, 0.2) is 0 Å². The molecule has 1 aliphatic rings. The molecular formula is C20H38OSi. The van der Waals surface area contributed by atoms with Crippen molar-refractivity contribution in [2.45, 2.75) is 98.2 Å². The summed E-state index contributed by atoms with van der Waals surface area (Å²) in [6, 6.07) is 0. The Balaban J connectivity index is 3.14. The lowest BCUT2D eigenvalue weighted by Gasteiger charge is -2.44. The lowest BCUT2D eigenvalue weighted by Crippen LogP contribution is -2.47. The molecule has 22 heavy (non-hydrogen) atoms. The molecular weight excluding hydrogens is 284 g/mol. The van der Waals surface area contributed by atoms with Gasteiger partial charge in [-0.1, -0.05) is 61.0 Å². The van der Waals surface area contributed by atoms with Crippen molar-refractivity contribution in [1.82, 2.24) is 0 Å². The Bertz CT molecular complexity index is 407. The Labute approximate surface area is 140 Å². The van der Waals surface area contributed by atoms with Crippen LogP contribution in [-0.4, -0.2) is 8.32 Å². The van der Waals surface area contributed by atoms with Crippen LogP contribution in [0.5, 0.6) is 0 Å². The number of allylic oxidation sites excluding steroid dienone is 3. The van der Waals surface area contributed by atoms with Crippen LogP contribution in [-0.2, 0) is 4.43 Å². The van der Waals surface area contributed by atoms with Crippen molar-refractivity contribution < 1.29 is 4.43 Å². The van der Waals surface area contributed by atoms with Gasteiger partial charge in [-0.3, -0.25) is 0 Å². The van der Waals surface area contributed by atoms with Crippen LogP contribution in [0.1, 0.15) is 81.6 Å². The molecule has 0 fully saturated rings. The third-order valence-electron chi connectivity index (χ3n) is 5.45. The van der Waals surface area contributed by atoms with Crippen molar-refractivity contribution in [2.24, 2.45) is 5.92 Å². The fraction of sp³-hybridized carbons (Fsp3) is 0.800. The number of hydrogen-bond acceptors (Lipinski definition) is 1. The number of rotatable bonds is 7. The summed E-state index contributed by atoms with van der Waals surface area (Å²) in [5.41, 5.74) is 4.75. The minimum absolute atomic E-state index is 0.633. The average Bonchev–Trinajstić information content (AvgIpc) is 2.37. The largest absolute Gasteiger partial charge is 0.543 e. The van der Waals surface area contributed by atoms with Crippen LogP contribution in [0.2, 0.25) is 16.6 Å². The maximum atomic E-state index is 6.96. The summed E-state index contributed by atoms with van der Waals surface area (Å²) >= 11 is 0. The molecule has 0 N–H and O–H groups in total. The van der Waals surface area contributed by atoms with E-state index in [4.69, 9.17) is 4.43 Å². The zero-order valence-corrected chi connectivity index (χ0v) is 17.4. The highest BCUT2D eigenvalue weighted by Gasteiger charge is 2.47. The van der Waals surface area contributed by atoms with Gasteiger partial charge in [-0.2, -0.15) is 0 Å². The molecule has 1 rings (SSSR count). The first-order valence-electron chi connectivity index (χ1n) is 9.24. The van der Waals surface area contributed by atoms with Crippen LogP contribution in [0.4, 0.5) is 0 Å². The molecule has 0 aromatic carbocycles. The number of hydrogen-bond donors (Lipinski definition) is 0. The standard InChI is InChI=1S/C20H38OSi/c1-10-11-19-12-17(8)20(18(9)13-19)21-22(14(2)3,15(4)5)16(6)7/h12,14-16,19H,10-11,13H2,1-9H3. The normalized spacial score (nSPS) is 20.2. The highest BCUT2D eigenvalue weighted by molar-refractivity contribution is 6.77. The second kappa shape index (κ2) is 7.85. The molecule has 128 valence electrons. The summed E-state index contributed by atoms with van der Waals surface area (Å²) in [4.78, 5) is 0. The molecule has 2 heteroatoms. The van der Waals surface area contributed by atoms with E-state index in [1.54, 1.807) is 0 Å². The average molecular weight is 323 g/mol. The van der Waals surface area contributed by atoms with E-state index in [2.05, 4.69) is 68.4 Å². The van der Waals surface area contributed by atoms with Crippen LogP contribution in [0, 0.1) is 5.92 Å². The maximum Gasteiger partial charge on any atom is 0.258 e. The van der Waals surface area contributed by atoms with Crippen molar-refractivity contribution in [1.29, 1.82) is 0 Å². The Morgan fingerprint density at radius 3 is 1.91 bits per heavy atom. The van der Waals surface area contributed by atoms with Gasteiger partial charge >= 0.3 is 0 Å². The third kappa shape index (κ3) is 3.87. The van der Waals surface area contributed by atoms with Crippen LogP contribution in [0.3, 0.4) is 0 Å². The van der Waals surface area contributed by atoms with E-state index in [-0.39, 0.29) is 0 Å². The van der Waals surface area contributed by atoms with Gasteiger partial charge < -0.3 is 4.43 Å². The smallest absolute Gasteiger partial charge is 0.258 e. The van der Waals surface area contributed by atoms with Crippen molar-refractivity contribution in [3.05, 3.63) is 23.0 Å². The first kappa shape index (κ1) is 19.5. The summed E-state index contributed by atoms with van der Waals surface area (Å²) in [5, 5.41) is 0. The predicted octanol–water partition coefficient (Wildman–Crippen LogP) is 7.22. The lowest BCUT2D eigenvalue weighted by atomic mass is 9.87. The molecule has 0 aliphatic heterocycles. The van der Waals surface area contributed by atoms with Crippen LogP contribution in [0.15, 0.2) is 23.0 Å². The summed E-state index contributed by atoms with van der Waals surface area (Å²) in [5.74, 6) is 1.95. The van der Waals surface area contributed by atoms with E-state index in [0.717, 1.165) is 0 Å². The van der Waals surface area contributed by atoms with E-state index >= 15 is 0 Å². The van der Waals surface area contributed by atoms with Gasteiger partial charge in [-0.05, 0) is 60.4 Å². The van der Waals surface area contributed by atoms with Gasteiger partial charge in [0.05, 0.1) is 0 Å². The molecule has 0 saturated heterocycles. The van der Waals surface area contributed by atoms with Crippen molar-refractivity contribution in [2.75, 3.05) is 0 Å². The molecule has 0 aromatic heterocycles. The van der Waals surface area contributed by atoms with Crippen molar-refractivity contribution in [3.8, 4) is 0 Å². The monoisotopic (exact) mass is 322 g/mol. The van der Waals surface area contributed by atoms with Crippen LogP contribution in [0.25, 0.3) is 0 Å². The van der Waals surface area contributed by atoms with Gasteiger partial charge in [0.1, 0.15) is 5.76 Å². The molecule has 0 heterocycles. The summed E-state index contributed by atoms with van der Waals surface area (Å²) < 4.78 is 6.96. The van der Waals surface area contributed by atoms with Gasteiger partial charge in [0.2, 0.25) is 0 Å². The van der Waals surface area contributed by atoms with Crippen LogP contribution >= 0.6 is 0 Å². The van der Waals surface area contributed by atoms with E-state index in [0.29, 0.717) is 22.5 Å². The Morgan fingerprint density at radius 1 is 1.05 bits per heavy atom. The summed E-state index contributed by atoms with van der Waals surface area (Å²) in [6.45, 7) is 21.0. The SMILES string of the molecule is CCCC1C=C(C)C(O[Si](C(C)C)(C(C)C)C(C)C)=C(C)C1. The third-order valence-corrected chi connectivity index (χ3v) is 11.4. The summed E-state index contributed by atoms with van der Waals surface area (Å²) in [7, 11) is -1.84. The molecule has 1 aliphatic carbocycles. The topological polar surface area (TPSA) is 9.23 Å². The fourth-order valence-electron chi connectivity index (χ4n) is 4.56. The molecule has 0 bridgehead atoms. The van der Waals surface area contributed by atoms with Gasteiger partial charge in [-0.25, -0.2) is 0 Å². The van der Waals surface area contributed by atoms with E-state index in [1.807, 2.05) is 0 Å².